The number of anilines is 1. The lowest BCUT2D eigenvalue weighted by Gasteiger charge is -2.28. The van der Waals surface area contributed by atoms with Crippen LogP contribution in [-0.4, -0.2) is 25.1 Å². The second kappa shape index (κ2) is 8.47. The van der Waals surface area contributed by atoms with Crippen LogP contribution in [-0.2, 0) is 16.1 Å². The van der Waals surface area contributed by atoms with Crippen LogP contribution in [0.15, 0.2) is 22.7 Å². The maximum absolute atomic E-state index is 12.4. The van der Waals surface area contributed by atoms with Crippen molar-refractivity contribution in [3.8, 4) is 0 Å². The summed E-state index contributed by atoms with van der Waals surface area (Å²) in [6.45, 7) is 0.481. The van der Waals surface area contributed by atoms with Crippen molar-refractivity contribution < 1.29 is 9.53 Å². The van der Waals surface area contributed by atoms with Crippen molar-refractivity contribution in [1.82, 2.24) is 5.32 Å². The Morgan fingerprint density at radius 1 is 1.35 bits per heavy atom. The van der Waals surface area contributed by atoms with Crippen LogP contribution in [0, 0.1) is 5.92 Å². The molecule has 4 nitrogen and oxygen atoms in total. The zero-order valence-corrected chi connectivity index (χ0v) is 15.7. The first-order chi connectivity index (χ1) is 10.7. The van der Waals surface area contributed by atoms with Crippen molar-refractivity contribution in [3.05, 3.63) is 28.2 Å². The predicted octanol–water partition coefficient (Wildman–Crippen LogP) is 3.88. The van der Waals surface area contributed by atoms with Gasteiger partial charge in [-0.3, -0.25) is 4.79 Å². The summed E-state index contributed by atoms with van der Waals surface area (Å²) in [7, 11) is 1.66. The van der Waals surface area contributed by atoms with Crippen LogP contribution in [0.2, 0.25) is 0 Å². The third kappa shape index (κ3) is 4.69. The molecule has 2 atom stereocenters. The van der Waals surface area contributed by atoms with Crippen LogP contribution in [0.25, 0.3) is 0 Å². The van der Waals surface area contributed by atoms with Crippen LogP contribution in [0.4, 0.5) is 5.69 Å². The molecule has 1 amide bonds. The quantitative estimate of drug-likeness (QED) is 0.784. The van der Waals surface area contributed by atoms with E-state index in [9.17, 15) is 4.79 Å². The summed E-state index contributed by atoms with van der Waals surface area (Å²) in [5, 5.41) is 6.69. The number of benzene rings is 1. The third-order valence-electron chi connectivity index (χ3n) is 4.73. The first-order valence-corrected chi connectivity index (χ1v) is 8.77. The number of ether oxygens (including phenoxy) is 1. The maximum atomic E-state index is 12.4. The van der Waals surface area contributed by atoms with Gasteiger partial charge in [-0.2, -0.15) is 0 Å². The summed E-state index contributed by atoms with van der Waals surface area (Å²) >= 11 is 3.52. The number of halogens is 2. The Hall–Kier alpha value is -0.620. The van der Waals surface area contributed by atoms with E-state index < -0.39 is 0 Å². The summed E-state index contributed by atoms with van der Waals surface area (Å²) in [6.07, 6.45) is 5.42. The number of methoxy groups -OCH3 is 1. The third-order valence-corrected chi connectivity index (χ3v) is 5.47. The highest BCUT2D eigenvalue weighted by molar-refractivity contribution is 9.10. The molecule has 2 heterocycles. The van der Waals surface area contributed by atoms with E-state index in [4.69, 9.17) is 4.74 Å². The second-order valence-electron chi connectivity index (χ2n) is 6.43. The lowest BCUT2D eigenvalue weighted by atomic mass is 9.89. The van der Waals surface area contributed by atoms with E-state index in [1.54, 1.807) is 7.11 Å². The summed E-state index contributed by atoms with van der Waals surface area (Å²) in [4.78, 5) is 12.4. The SMILES string of the molecule is COCc1c(Br)cccc1NC(=O)CC1CC2CCC(C1)N2.Cl. The van der Waals surface area contributed by atoms with Crippen molar-refractivity contribution >= 4 is 39.9 Å². The van der Waals surface area contributed by atoms with Crippen molar-refractivity contribution in [2.75, 3.05) is 12.4 Å². The van der Waals surface area contributed by atoms with Gasteiger partial charge in [-0.25, -0.2) is 0 Å². The number of piperidine rings is 1. The molecule has 1 aromatic rings. The molecular formula is C17H24BrClN2O2. The molecule has 1 aromatic carbocycles. The molecule has 3 rings (SSSR count). The molecule has 0 spiro atoms. The van der Waals surface area contributed by atoms with E-state index in [0.29, 0.717) is 31.0 Å². The number of hydrogen-bond acceptors (Lipinski definition) is 3. The predicted molar refractivity (Wildman–Crippen MR) is 98.0 cm³/mol. The van der Waals surface area contributed by atoms with Gasteiger partial charge in [-0.1, -0.05) is 22.0 Å². The van der Waals surface area contributed by atoms with Gasteiger partial charge in [0, 0.05) is 41.3 Å². The molecular weight excluding hydrogens is 380 g/mol. The van der Waals surface area contributed by atoms with Crippen LogP contribution in [0.3, 0.4) is 0 Å². The van der Waals surface area contributed by atoms with Gasteiger partial charge in [0.25, 0.3) is 0 Å². The number of nitrogens with one attached hydrogen (secondary N) is 2. The molecule has 2 saturated heterocycles. The van der Waals surface area contributed by atoms with Gasteiger partial charge >= 0.3 is 0 Å². The Morgan fingerprint density at radius 2 is 2.04 bits per heavy atom. The van der Waals surface area contributed by atoms with E-state index in [-0.39, 0.29) is 18.3 Å². The number of amides is 1. The summed E-state index contributed by atoms with van der Waals surface area (Å²) in [6, 6.07) is 7.10. The van der Waals surface area contributed by atoms with Crippen molar-refractivity contribution in [2.45, 2.75) is 50.8 Å². The molecule has 2 unspecified atom stereocenters. The molecule has 0 radical (unpaired) electrons. The lowest BCUT2D eigenvalue weighted by molar-refractivity contribution is -0.117. The minimum absolute atomic E-state index is 0. The van der Waals surface area contributed by atoms with Gasteiger partial charge in [0.15, 0.2) is 0 Å². The normalized spacial score (nSPS) is 25.7. The van der Waals surface area contributed by atoms with Gasteiger partial charge in [0.05, 0.1) is 6.61 Å². The smallest absolute Gasteiger partial charge is 0.224 e. The Balaban J connectivity index is 0.00000192. The zero-order valence-electron chi connectivity index (χ0n) is 13.3. The maximum Gasteiger partial charge on any atom is 0.224 e. The molecule has 2 bridgehead atoms. The fourth-order valence-corrected chi connectivity index (χ4v) is 4.25. The monoisotopic (exact) mass is 402 g/mol. The molecule has 23 heavy (non-hydrogen) atoms. The van der Waals surface area contributed by atoms with Crippen molar-refractivity contribution in [2.24, 2.45) is 5.92 Å². The molecule has 0 aromatic heterocycles. The van der Waals surface area contributed by atoms with Gasteiger partial charge < -0.3 is 15.4 Å². The lowest BCUT2D eigenvalue weighted by Crippen LogP contribution is -2.39. The first-order valence-electron chi connectivity index (χ1n) is 7.98. The summed E-state index contributed by atoms with van der Waals surface area (Å²) in [5.41, 5.74) is 1.84. The average molecular weight is 404 g/mol. The molecule has 2 aliphatic rings. The highest BCUT2D eigenvalue weighted by Crippen LogP contribution is 2.33. The number of hydrogen-bond donors (Lipinski definition) is 2. The highest BCUT2D eigenvalue weighted by atomic mass is 79.9. The molecule has 6 heteroatoms. The topological polar surface area (TPSA) is 50.4 Å². The van der Waals surface area contributed by atoms with Crippen LogP contribution < -0.4 is 10.6 Å². The Bertz CT molecular complexity index is 543. The van der Waals surface area contributed by atoms with E-state index >= 15 is 0 Å². The number of fused-ring (bicyclic) bond motifs is 2. The number of rotatable bonds is 5. The molecule has 0 saturated carbocycles. The Morgan fingerprint density at radius 3 is 2.70 bits per heavy atom. The van der Waals surface area contributed by atoms with Crippen LogP contribution >= 0.6 is 28.3 Å². The molecule has 2 fully saturated rings. The molecule has 2 aliphatic heterocycles. The van der Waals surface area contributed by atoms with Gasteiger partial charge in [-0.05, 0) is 43.7 Å². The van der Waals surface area contributed by atoms with Crippen molar-refractivity contribution in [1.29, 1.82) is 0 Å². The fraction of sp³-hybridized carbons (Fsp3) is 0.588. The minimum atomic E-state index is 0. The van der Waals surface area contributed by atoms with Crippen LogP contribution in [0.5, 0.6) is 0 Å². The molecule has 0 aliphatic carbocycles. The van der Waals surface area contributed by atoms with E-state index in [1.807, 2.05) is 18.2 Å². The van der Waals surface area contributed by atoms with Crippen LogP contribution in [0.1, 0.15) is 37.7 Å². The van der Waals surface area contributed by atoms with Crippen molar-refractivity contribution in [3.63, 3.8) is 0 Å². The standard InChI is InChI=1S/C17H23BrN2O2.ClH/c1-22-10-14-15(18)3-2-4-16(14)20-17(21)9-11-7-12-5-6-13(8-11)19-12;/h2-4,11-13,19H,5-10H2,1H3,(H,20,21);1H. The van der Waals surface area contributed by atoms with Gasteiger partial charge in [-0.15, -0.1) is 12.4 Å². The summed E-state index contributed by atoms with van der Waals surface area (Å²) in [5.74, 6) is 0.624. The Kier molecular flexibility index (Phi) is 6.89. The highest BCUT2D eigenvalue weighted by Gasteiger charge is 2.34. The minimum Gasteiger partial charge on any atom is -0.380 e. The van der Waals surface area contributed by atoms with E-state index in [0.717, 1.165) is 28.6 Å². The second-order valence-corrected chi connectivity index (χ2v) is 7.28. The fourth-order valence-electron chi connectivity index (χ4n) is 3.77. The van der Waals surface area contributed by atoms with Gasteiger partial charge in [0.2, 0.25) is 5.91 Å². The largest absolute Gasteiger partial charge is 0.380 e. The summed E-state index contributed by atoms with van der Waals surface area (Å²) < 4.78 is 6.19. The number of carbonyl (C=O) groups excluding carboxylic acids is 1. The number of carbonyl (C=O) groups is 1. The first kappa shape index (κ1) is 18.7. The molecule has 128 valence electrons. The molecule has 2 N–H and O–H groups in total. The Labute approximate surface area is 152 Å². The zero-order chi connectivity index (χ0) is 15.5. The van der Waals surface area contributed by atoms with E-state index in [2.05, 4.69) is 26.6 Å². The van der Waals surface area contributed by atoms with E-state index in [1.165, 1.54) is 12.8 Å². The average Bonchev–Trinajstić information content (AvgIpc) is 2.82. The van der Waals surface area contributed by atoms with Gasteiger partial charge in [0.1, 0.15) is 0 Å².